The molecule has 1 aliphatic heterocycles. The Morgan fingerprint density at radius 3 is 3.05 bits per heavy atom. The molecule has 0 amide bonds. The maximum absolute atomic E-state index is 6.07. The van der Waals surface area contributed by atoms with E-state index in [2.05, 4.69) is 41.1 Å². The molecule has 2 atom stereocenters. The predicted molar refractivity (Wildman–Crippen MR) is 83.4 cm³/mol. The number of para-hydroxylation sites is 1. The summed E-state index contributed by atoms with van der Waals surface area (Å²) in [5.41, 5.74) is 8.54. The second kappa shape index (κ2) is 5.90. The highest BCUT2D eigenvalue weighted by Gasteiger charge is 2.22. The van der Waals surface area contributed by atoms with E-state index in [4.69, 9.17) is 5.73 Å². The molecule has 2 aromatic rings. The fraction of sp³-hybridized carbons (Fsp3) is 0.471. The van der Waals surface area contributed by atoms with Crippen LogP contribution in [0, 0.1) is 5.92 Å². The van der Waals surface area contributed by atoms with Gasteiger partial charge in [-0.2, -0.15) is 0 Å². The van der Waals surface area contributed by atoms with Crippen LogP contribution in [0.4, 0.5) is 0 Å². The minimum atomic E-state index is 0.295. The molecule has 0 bridgehead atoms. The molecule has 3 nitrogen and oxygen atoms in total. The lowest BCUT2D eigenvalue weighted by atomic mass is 9.92. The van der Waals surface area contributed by atoms with E-state index in [0.717, 1.165) is 18.6 Å². The summed E-state index contributed by atoms with van der Waals surface area (Å²) in [7, 11) is 0. The summed E-state index contributed by atoms with van der Waals surface area (Å²) in [6.07, 6.45) is 4.40. The van der Waals surface area contributed by atoms with E-state index in [1.54, 1.807) is 0 Å². The zero-order valence-corrected chi connectivity index (χ0v) is 12.1. The van der Waals surface area contributed by atoms with Gasteiger partial charge in [-0.25, -0.2) is 0 Å². The van der Waals surface area contributed by atoms with Crippen molar-refractivity contribution in [1.82, 2.24) is 9.88 Å². The number of aromatic nitrogens is 1. The van der Waals surface area contributed by atoms with Crippen molar-refractivity contribution in [1.29, 1.82) is 0 Å². The molecule has 3 rings (SSSR count). The molecule has 106 valence electrons. The Hall–Kier alpha value is -1.45. The van der Waals surface area contributed by atoms with Crippen LogP contribution in [-0.4, -0.2) is 29.0 Å². The molecule has 2 heterocycles. The molecule has 3 heteroatoms. The Kier molecular flexibility index (Phi) is 3.99. The smallest absolute Gasteiger partial charge is 0.0746 e. The number of piperidine rings is 1. The number of likely N-dealkylation sites (tertiary alicyclic amines) is 1. The lowest BCUT2D eigenvalue weighted by Gasteiger charge is -2.34. The van der Waals surface area contributed by atoms with Crippen molar-refractivity contribution in [2.75, 3.05) is 13.1 Å². The highest BCUT2D eigenvalue weighted by Crippen LogP contribution is 2.23. The number of hydrogen-bond donors (Lipinski definition) is 1. The first-order valence-corrected chi connectivity index (χ1v) is 7.54. The van der Waals surface area contributed by atoms with E-state index in [1.165, 1.54) is 30.3 Å². The Morgan fingerprint density at radius 1 is 1.35 bits per heavy atom. The van der Waals surface area contributed by atoms with Crippen LogP contribution < -0.4 is 5.73 Å². The Bertz CT molecular complexity index is 574. The third-order valence-electron chi connectivity index (χ3n) is 4.40. The summed E-state index contributed by atoms with van der Waals surface area (Å²) in [5.74, 6) is 0.631. The van der Waals surface area contributed by atoms with Crippen molar-refractivity contribution in [3.8, 4) is 0 Å². The molecule has 2 N–H and O–H groups in total. The van der Waals surface area contributed by atoms with Gasteiger partial charge in [-0.15, -0.1) is 0 Å². The quantitative estimate of drug-likeness (QED) is 0.931. The highest BCUT2D eigenvalue weighted by atomic mass is 15.1. The van der Waals surface area contributed by atoms with Crippen LogP contribution in [0.1, 0.15) is 25.3 Å². The van der Waals surface area contributed by atoms with Gasteiger partial charge in [-0.05, 0) is 43.9 Å². The number of benzene rings is 1. The summed E-state index contributed by atoms with van der Waals surface area (Å²) in [4.78, 5) is 7.08. The summed E-state index contributed by atoms with van der Waals surface area (Å²) in [5, 5.41) is 1.23. The second-order valence-electron chi connectivity index (χ2n) is 5.99. The van der Waals surface area contributed by atoms with Crippen LogP contribution in [-0.2, 0) is 6.54 Å². The van der Waals surface area contributed by atoms with Gasteiger partial charge < -0.3 is 5.73 Å². The third-order valence-corrected chi connectivity index (χ3v) is 4.40. The van der Waals surface area contributed by atoms with E-state index < -0.39 is 0 Å². The molecule has 0 spiro atoms. The number of fused-ring (bicyclic) bond motifs is 1. The van der Waals surface area contributed by atoms with Gasteiger partial charge in [0.2, 0.25) is 0 Å². The Morgan fingerprint density at radius 2 is 2.20 bits per heavy atom. The van der Waals surface area contributed by atoms with Gasteiger partial charge in [-0.3, -0.25) is 9.88 Å². The minimum Gasteiger partial charge on any atom is -0.328 e. The minimum absolute atomic E-state index is 0.295. The first-order chi connectivity index (χ1) is 9.74. The van der Waals surface area contributed by atoms with Crippen LogP contribution >= 0.6 is 0 Å². The topological polar surface area (TPSA) is 42.1 Å². The molecule has 1 aromatic carbocycles. The summed E-state index contributed by atoms with van der Waals surface area (Å²) < 4.78 is 0. The molecule has 0 aliphatic carbocycles. The number of nitrogens with zero attached hydrogens (tertiary/aromatic N) is 2. The van der Waals surface area contributed by atoms with Crippen molar-refractivity contribution in [3.05, 3.63) is 42.1 Å². The molecule has 0 radical (unpaired) electrons. The van der Waals surface area contributed by atoms with E-state index >= 15 is 0 Å². The SMILES string of the molecule is CC(N)C1CCCN(Cc2cccc3cccnc23)C1. The highest BCUT2D eigenvalue weighted by molar-refractivity contribution is 5.81. The molecule has 2 unspecified atom stereocenters. The molecule has 1 saturated heterocycles. The summed E-state index contributed by atoms with van der Waals surface area (Å²) >= 11 is 0. The molecule has 1 fully saturated rings. The zero-order chi connectivity index (χ0) is 13.9. The molecule has 20 heavy (non-hydrogen) atoms. The van der Waals surface area contributed by atoms with Crippen molar-refractivity contribution < 1.29 is 0 Å². The van der Waals surface area contributed by atoms with Gasteiger partial charge >= 0.3 is 0 Å². The number of nitrogens with two attached hydrogens (primary N) is 1. The van der Waals surface area contributed by atoms with E-state index in [1.807, 2.05) is 12.3 Å². The first-order valence-electron chi connectivity index (χ1n) is 7.54. The van der Waals surface area contributed by atoms with Crippen LogP contribution in [0.15, 0.2) is 36.5 Å². The number of rotatable bonds is 3. The molecular weight excluding hydrogens is 246 g/mol. The molecule has 0 saturated carbocycles. The first kappa shape index (κ1) is 13.5. The number of pyridine rings is 1. The van der Waals surface area contributed by atoms with Gasteiger partial charge in [0.25, 0.3) is 0 Å². The van der Waals surface area contributed by atoms with Gasteiger partial charge in [-0.1, -0.05) is 24.3 Å². The summed E-state index contributed by atoms with van der Waals surface area (Å²) in [6, 6.07) is 10.9. The summed E-state index contributed by atoms with van der Waals surface area (Å²) in [6.45, 7) is 5.40. The van der Waals surface area contributed by atoms with E-state index in [0.29, 0.717) is 12.0 Å². The second-order valence-corrected chi connectivity index (χ2v) is 5.99. The zero-order valence-electron chi connectivity index (χ0n) is 12.1. The van der Waals surface area contributed by atoms with E-state index in [9.17, 15) is 0 Å². The van der Waals surface area contributed by atoms with Crippen molar-refractivity contribution >= 4 is 10.9 Å². The lowest BCUT2D eigenvalue weighted by Crippen LogP contribution is -2.41. The predicted octanol–water partition coefficient (Wildman–Crippen LogP) is 2.79. The van der Waals surface area contributed by atoms with Gasteiger partial charge in [0.05, 0.1) is 5.52 Å². The fourth-order valence-electron chi connectivity index (χ4n) is 3.20. The van der Waals surface area contributed by atoms with Crippen molar-refractivity contribution in [3.63, 3.8) is 0 Å². The monoisotopic (exact) mass is 269 g/mol. The molecule has 1 aliphatic rings. The van der Waals surface area contributed by atoms with Crippen LogP contribution in [0.25, 0.3) is 10.9 Å². The normalized spacial score (nSPS) is 22.0. The molecule has 1 aromatic heterocycles. The van der Waals surface area contributed by atoms with Gasteiger partial charge in [0.1, 0.15) is 0 Å². The third kappa shape index (κ3) is 2.84. The largest absolute Gasteiger partial charge is 0.328 e. The fourth-order valence-corrected chi connectivity index (χ4v) is 3.20. The van der Waals surface area contributed by atoms with E-state index in [-0.39, 0.29) is 0 Å². The van der Waals surface area contributed by atoms with Gasteiger partial charge in [0, 0.05) is 30.7 Å². The maximum atomic E-state index is 6.07. The van der Waals surface area contributed by atoms with Crippen molar-refractivity contribution in [2.45, 2.75) is 32.4 Å². The number of hydrogen-bond acceptors (Lipinski definition) is 3. The lowest BCUT2D eigenvalue weighted by molar-refractivity contribution is 0.155. The average Bonchev–Trinajstić information content (AvgIpc) is 2.48. The standard InChI is InChI=1S/C17H23N3/c1-13(18)15-8-4-10-20(11-15)12-16-6-2-5-14-7-3-9-19-17(14)16/h2-3,5-7,9,13,15H,4,8,10-12,18H2,1H3. The van der Waals surface area contributed by atoms with Crippen LogP contribution in [0.3, 0.4) is 0 Å². The van der Waals surface area contributed by atoms with Crippen LogP contribution in [0.5, 0.6) is 0 Å². The van der Waals surface area contributed by atoms with Crippen molar-refractivity contribution in [2.24, 2.45) is 11.7 Å². The Balaban J connectivity index is 1.79. The van der Waals surface area contributed by atoms with Crippen LogP contribution in [0.2, 0.25) is 0 Å². The molecular formula is C17H23N3. The van der Waals surface area contributed by atoms with Gasteiger partial charge in [0.15, 0.2) is 0 Å². The Labute approximate surface area is 120 Å². The maximum Gasteiger partial charge on any atom is 0.0746 e. The average molecular weight is 269 g/mol.